The summed E-state index contributed by atoms with van der Waals surface area (Å²) in [6, 6.07) is 15.4. The van der Waals surface area contributed by atoms with Crippen LogP contribution in [0.4, 0.5) is 5.69 Å². The highest BCUT2D eigenvalue weighted by Crippen LogP contribution is 2.21. The zero-order chi connectivity index (χ0) is 20.9. The summed E-state index contributed by atoms with van der Waals surface area (Å²) in [6.07, 6.45) is -0.722. The summed E-state index contributed by atoms with van der Waals surface area (Å²) >= 11 is 0. The largest absolute Gasteiger partial charge is 0.481 e. The highest BCUT2D eigenvalue weighted by molar-refractivity contribution is 7.89. The van der Waals surface area contributed by atoms with Gasteiger partial charge in [0.25, 0.3) is 5.91 Å². The number of likely N-dealkylation sites (N-methyl/N-ethyl adjacent to an activating group) is 1. The van der Waals surface area contributed by atoms with Crippen LogP contribution in [0.1, 0.15) is 13.8 Å². The fourth-order valence-electron chi connectivity index (χ4n) is 3.17. The Balaban J connectivity index is 1.66. The van der Waals surface area contributed by atoms with Gasteiger partial charge in [0.1, 0.15) is 5.75 Å². The van der Waals surface area contributed by atoms with Crippen LogP contribution in [0.3, 0.4) is 0 Å². The molecule has 8 heteroatoms. The molecule has 0 spiro atoms. The molecule has 7 nitrogen and oxygen atoms in total. The summed E-state index contributed by atoms with van der Waals surface area (Å²) in [6.45, 7) is 7.01. The van der Waals surface area contributed by atoms with Crippen molar-refractivity contribution in [1.82, 2.24) is 9.21 Å². The van der Waals surface area contributed by atoms with Crippen LogP contribution in [0, 0.1) is 0 Å². The Morgan fingerprint density at radius 2 is 1.76 bits per heavy atom. The monoisotopic (exact) mass is 417 g/mol. The highest BCUT2D eigenvalue weighted by atomic mass is 32.2. The molecule has 1 unspecified atom stereocenters. The van der Waals surface area contributed by atoms with Crippen molar-refractivity contribution in [1.29, 1.82) is 0 Å². The van der Waals surface area contributed by atoms with Gasteiger partial charge in [-0.3, -0.25) is 4.79 Å². The van der Waals surface area contributed by atoms with E-state index in [2.05, 4.69) is 17.1 Å². The van der Waals surface area contributed by atoms with Gasteiger partial charge in [0.05, 0.1) is 4.90 Å². The fraction of sp³-hybridized carbons (Fsp3) is 0.381. The van der Waals surface area contributed by atoms with Crippen molar-refractivity contribution < 1.29 is 17.9 Å². The smallest absolute Gasteiger partial charge is 0.265 e. The van der Waals surface area contributed by atoms with Crippen LogP contribution in [-0.4, -0.2) is 62.4 Å². The fourth-order valence-corrected chi connectivity index (χ4v) is 4.64. The molecule has 1 fully saturated rings. The zero-order valence-electron chi connectivity index (χ0n) is 16.7. The minimum Gasteiger partial charge on any atom is -0.481 e. The van der Waals surface area contributed by atoms with Crippen molar-refractivity contribution in [2.24, 2.45) is 0 Å². The Hall–Kier alpha value is -2.42. The lowest BCUT2D eigenvalue weighted by atomic mass is 10.3. The molecule has 0 bridgehead atoms. The van der Waals surface area contributed by atoms with Crippen molar-refractivity contribution in [3.63, 3.8) is 0 Å². The molecule has 1 N–H and O–H groups in total. The van der Waals surface area contributed by atoms with Crippen LogP contribution in [0.5, 0.6) is 5.75 Å². The minimum atomic E-state index is -3.60. The summed E-state index contributed by atoms with van der Waals surface area (Å²) in [5, 5.41) is 2.74. The molecular formula is C21H27N3O4S. The summed E-state index contributed by atoms with van der Waals surface area (Å²) in [5.74, 6) is 0.248. The number of anilines is 1. The average Bonchev–Trinajstić information content (AvgIpc) is 2.74. The van der Waals surface area contributed by atoms with E-state index in [-0.39, 0.29) is 10.8 Å². The number of hydrogen-bond donors (Lipinski definition) is 1. The Kier molecular flexibility index (Phi) is 6.89. The molecule has 1 aliphatic heterocycles. The number of carbonyl (C=O) groups excluding carboxylic acids is 1. The van der Waals surface area contributed by atoms with Gasteiger partial charge in [0.2, 0.25) is 10.0 Å². The lowest BCUT2D eigenvalue weighted by molar-refractivity contribution is -0.122. The lowest BCUT2D eigenvalue weighted by Crippen LogP contribution is -2.48. The SMILES string of the molecule is CCN1CCN(S(=O)(=O)c2cccc(NC(=O)C(C)Oc3ccccc3)c2)CC1. The molecule has 0 saturated carbocycles. The number of amides is 1. The maximum atomic E-state index is 13.0. The first-order valence-electron chi connectivity index (χ1n) is 9.75. The summed E-state index contributed by atoms with van der Waals surface area (Å²) < 4.78 is 33.1. The van der Waals surface area contributed by atoms with Gasteiger partial charge in [0.15, 0.2) is 6.10 Å². The first-order valence-corrected chi connectivity index (χ1v) is 11.2. The van der Waals surface area contributed by atoms with Gasteiger partial charge in [-0.25, -0.2) is 8.42 Å². The molecule has 2 aromatic carbocycles. The maximum Gasteiger partial charge on any atom is 0.265 e. The van der Waals surface area contributed by atoms with Crippen molar-refractivity contribution in [3.05, 3.63) is 54.6 Å². The second-order valence-electron chi connectivity index (χ2n) is 6.93. The predicted octanol–water partition coefficient (Wildman–Crippen LogP) is 2.42. The number of carbonyl (C=O) groups is 1. The number of piperazine rings is 1. The topological polar surface area (TPSA) is 79.0 Å². The molecule has 1 heterocycles. The van der Waals surface area contributed by atoms with E-state index in [0.29, 0.717) is 24.5 Å². The number of benzene rings is 2. The van der Waals surface area contributed by atoms with E-state index in [9.17, 15) is 13.2 Å². The van der Waals surface area contributed by atoms with E-state index < -0.39 is 16.1 Å². The van der Waals surface area contributed by atoms with Crippen LogP contribution in [-0.2, 0) is 14.8 Å². The number of ether oxygens (including phenoxy) is 1. The van der Waals surface area contributed by atoms with E-state index in [1.54, 1.807) is 37.3 Å². The van der Waals surface area contributed by atoms with E-state index in [1.807, 2.05) is 18.2 Å². The Morgan fingerprint density at radius 1 is 1.07 bits per heavy atom. The number of para-hydroxylation sites is 1. The van der Waals surface area contributed by atoms with Gasteiger partial charge in [0, 0.05) is 31.9 Å². The van der Waals surface area contributed by atoms with Crippen molar-refractivity contribution in [3.8, 4) is 5.75 Å². The summed E-state index contributed by atoms with van der Waals surface area (Å²) in [4.78, 5) is 14.8. The molecule has 2 aromatic rings. The number of nitrogens with one attached hydrogen (secondary N) is 1. The molecule has 0 aromatic heterocycles. The van der Waals surface area contributed by atoms with Gasteiger partial charge in [-0.15, -0.1) is 0 Å². The normalized spacial score (nSPS) is 16.9. The Labute approximate surface area is 172 Å². The molecular weight excluding hydrogens is 390 g/mol. The van der Waals surface area contributed by atoms with Gasteiger partial charge in [-0.05, 0) is 43.8 Å². The van der Waals surface area contributed by atoms with Crippen molar-refractivity contribution in [2.75, 3.05) is 38.0 Å². The Morgan fingerprint density at radius 3 is 2.41 bits per heavy atom. The molecule has 29 heavy (non-hydrogen) atoms. The van der Waals surface area contributed by atoms with Gasteiger partial charge >= 0.3 is 0 Å². The molecule has 156 valence electrons. The molecule has 1 amide bonds. The second kappa shape index (κ2) is 9.39. The molecule has 1 saturated heterocycles. The summed E-state index contributed by atoms with van der Waals surface area (Å²) in [5.41, 5.74) is 0.423. The van der Waals surface area contributed by atoms with Gasteiger partial charge in [-0.2, -0.15) is 4.31 Å². The van der Waals surface area contributed by atoms with E-state index in [4.69, 9.17) is 4.74 Å². The third-order valence-electron chi connectivity index (χ3n) is 4.94. The number of rotatable bonds is 7. The lowest BCUT2D eigenvalue weighted by Gasteiger charge is -2.33. The van der Waals surface area contributed by atoms with Crippen molar-refractivity contribution in [2.45, 2.75) is 24.8 Å². The van der Waals surface area contributed by atoms with Crippen LogP contribution in [0.15, 0.2) is 59.5 Å². The number of nitrogens with zero attached hydrogens (tertiary/aromatic N) is 2. The molecule has 3 rings (SSSR count). The van der Waals surface area contributed by atoms with Crippen LogP contribution < -0.4 is 10.1 Å². The average molecular weight is 418 g/mol. The number of sulfonamides is 1. The van der Waals surface area contributed by atoms with Crippen molar-refractivity contribution >= 4 is 21.6 Å². The third kappa shape index (κ3) is 5.35. The van der Waals surface area contributed by atoms with E-state index in [1.165, 1.54) is 10.4 Å². The third-order valence-corrected chi connectivity index (χ3v) is 6.84. The summed E-state index contributed by atoms with van der Waals surface area (Å²) in [7, 11) is -3.60. The van der Waals surface area contributed by atoms with Crippen LogP contribution in [0.2, 0.25) is 0 Å². The van der Waals surface area contributed by atoms with Crippen LogP contribution in [0.25, 0.3) is 0 Å². The van der Waals surface area contributed by atoms with Crippen LogP contribution >= 0.6 is 0 Å². The molecule has 1 aliphatic rings. The predicted molar refractivity (Wildman–Crippen MR) is 112 cm³/mol. The Bertz CT molecular complexity index is 926. The minimum absolute atomic E-state index is 0.178. The highest BCUT2D eigenvalue weighted by Gasteiger charge is 2.28. The molecule has 0 radical (unpaired) electrons. The first kappa shape index (κ1) is 21.3. The maximum absolute atomic E-state index is 13.0. The quantitative estimate of drug-likeness (QED) is 0.749. The van der Waals surface area contributed by atoms with E-state index >= 15 is 0 Å². The molecule has 0 aliphatic carbocycles. The zero-order valence-corrected chi connectivity index (χ0v) is 17.6. The molecule has 1 atom stereocenters. The number of hydrogen-bond acceptors (Lipinski definition) is 5. The first-order chi connectivity index (χ1) is 13.9. The van der Waals surface area contributed by atoms with Gasteiger partial charge < -0.3 is 15.0 Å². The standard InChI is InChI=1S/C21H27N3O4S/c1-3-23-12-14-24(15-13-23)29(26,27)20-11-7-8-18(16-20)22-21(25)17(2)28-19-9-5-4-6-10-19/h4-11,16-17H,3,12-15H2,1-2H3,(H,22,25). The van der Waals surface area contributed by atoms with E-state index in [0.717, 1.165) is 19.6 Å². The van der Waals surface area contributed by atoms with Gasteiger partial charge in [-0.1, -0.05) is 31.2 Å². The second-order valence-corrected chi connectivity index (χ2v) is 8.87.